The maximum absolute atomic E-state index is 2.17. The van der Waals surface area contributed by atoms with Crippen LogP contribution in [0.5, 0.6) is 0 Å². The molecule has 0 fully saturated rings. The van der Waals surface area contributed by atoms with Crippen LogP contribution in [0.2, 0.25) is 0 Å². The molecule has 0 rings (SSSR count). The molecule has 0 aromatic heterocycles. The summed E-state index contributed by atoms with van der Waals surface area (Å²) in [6, 6.07) is 0. The van der Waals surface area contributed by atoms with Gasteiger partial charge < -0.3 is 0 Å². The van der Waals surface area contributed by atoms with E-state index in [0.29, 0.717) is 0 Å². The summed E-state index contributed by atoms with van der Waals surface area (Å²) in [6.07, 6.45) is 0. The molecule has 0 aromatic rings. The minimum Gasteiger partial charge on any atom is -0.0630 e. The second-order valence-electron chi connectivity index (χ2n) is 1.73. The predicted molar refractivity (Wildman–Crippen MR) is 21.2 cm³/mol. The van der Waals surface area contributed by atoms with Gasteiger partial charge in [-0.15, -0.1) is 0 Å². The number of hydrogen-bond acceptors (Lipinski definition) is 0. The van der Waals surface area contributed by atoms with E-state index in [1.54, 1.807) is 0 Å². The standard InChI is InChI=1S/C4H10.O/c1-4(2)3;/h4H,1-3H3;. The summed E-state index contributed by atoms with van der Waals surface area (Å²) in [6.45, 7) is 6.50. The Hall–Kier alpha value is -0.0400. The van der Waals surface area contributed by atoms with Crippen molar-refractivity contribution >= 4 is 0 Å². The van der Waals surface area contributed by atoms with E-state index in [1.807, 2.05) is 0 Å². The van der Waals surface area contributed by atoms with Crippen LogP contribution in [0, 0.1) is 5.92 Å². The Kier molecular flexibility index (Phi) is 7.03. The van der Waals surface area contributed by atoms with Crippen LogP contribution in [-0.4, -0.2) is 0 Å². The van der Waals surface area contributed by atoms with Crippen LogP contribution in [0.15, 0.2) is 0 Å². The van der Waals surface area contributed by atoms with Gasteiger partial charge in [0.2, 0.25) is 0 Å². The van der Waals surface area contributed by atoms with Gasteiger partial charge in [0.25, 0.3) is 0 Å². The molecule has 0 aliphatic rings. The first kappa shape index (κ1) is 8.88. The Labute approximate surface area is 33.3 Å². The predicted octanol–water partition coefficient (Wildman–Crippen LogP) is 1.54. The zero-order valence-electron chi connectivity index (χ0n) is 3.99. The van der Waals surface area contributed by atoms with E-state index < -0.39 is 0 Å². The third kappa shape index (κ3) is 9510. The Bertz CT molecular complexity index is 8.36. The smallest absolute Gasteiger partial charge is 0 e. The second-order valence-corrected chi connectivity index (χ2v) is 1.73. The zero-order chi connectivity index (χ0) is 3.58. The van der Waals surface area contributed by atoms with E-state index in [1.165, 1.54) is 0 Å². The van der Waals surface area contributed by atoms with E-state index in [4.69, 9.17) is 0 Å². The molecule has 0 bridgehead atoms. The van der Waals surface area contributed by atoms with Crippen LogP contribution >= 0.6 is 0 Å². The number of hydrogen-bond donors (Lipinski definition) is 0. The van der Waals surface area contributed by atoms with Crippen molar-refractivity contribution in [3.8, 4) is 0 Å². The fourth-order valence-electron chi connectivity index (χ4n) is 0. The van der Waals surface area contributed by atoms with Gasteiger partial charge in [0.05, 0.1) is 0 Å². The molecule has 0 N–H and O–H groups in total. The first-order valence-electron chi connectivity index (χ1n) is 1.73. The molecule has 2 radical (unpaired) electrons. The summed E-state index contributed by atoms with van der Waals surface area (Å²) in [7, 11) is 0. The third-order valence-corrected chi connectivity index (χ3v) is 0. The lowest BCUT2D eigenvalue weighted by Crippen LogP contribution is -1.66. The van der Waals surface area contributed by atoms with E-state index in [0.717, 1.165) is 5.92 Å². The fourth-order valence-corrected chi connectivity index (χ4v) is 0. The molecule has 0 atom stereocenters. The van der Waals surface area contributed by atoms with Crippen molar-refractivity contribution in [3.63, 3.8) is 0 Å². The highest BCUT2D eigenvalue weighted by Crippen LogP contribution is 1.81. The van der Waals surface area contributed by atoms with Gasteiger partial charge in [0.1, 0.15) is 0 Å². The first-order chi connectivity index (χ1) is 1.73. The van der Waals surface area contributed by atoms with E-state index in [9.17, 15) is 0 Å². The van der Waals surface area contributed by atoms with Gasteiger partial charge in [0, 0.05) is 5.48 Å². The Morgan fingerprint density at radius 3 is 1.00 bits per heavy atom. The molecule has 0 heterocycles. The molecule has 0 amide bonds. The van der Waals surface area contributed by atoms with Crippen LogP contribution in [0.4, 0.5) is 0 Å². The summed E-state index contributed by atoms with van der Waals surface area (Å²) in [5.41, 5.74) is 0. The van der Waals surface area contributed by atoms with E-state index >= 15 is 0 Å². The van der Waals surface area contributed by atoms with Crippen molar-refractivity contribution in [2.45, 2.75) is 20.8 Å². The monoisotopic (exact) mass is 74.1 g/mol. The quantitative estimate of drug-likeness (QED) is 0.417. The molecule has 5 heavy (non-hydrogen) atoms. The minimum atomic E-state index is 0. The maximum Gasteiger partial charge on any atom is 0 e. The summed E-state index contributed by atoms with van der Waals surface area (Å²) < 4.78 is 0. The van der Waals surface area contributed by atoms with Gasteiger partial charge in [-0.1, -0.05) is 20.8 Å². The molecular formula is C4H10O. The molecule has 0 spiro atoms. The highest BCUT2D eigenvalue weighted by molar-refractivity contribution is 4.20. The van der Waals surface area contributed by atoms with Crippen LogP contribution in [0.25, 0.3) is 0 Å². The Morgan fingerprint density at radius 2 is 1.00 bits per heavy atom. The van der Waals surface area contributed by atoms with Crippen molar-refractivity contribution in [2.24, 2.45) is 5.92 Å². The van der Waals surface area contributed by atoms with Gasteiger partial charge >= 0.3 is 0 Å². The summed E-state index contributed by atoms with van der Waals surface area (Å²) in [4.78, 5) is 0. The molecular weight excluding hydrogens is 64.0 g/mol. The van der Waals surface area contributed by atoms with Crippen molar-refractivity contribution in [1.29, 1.82) is 0 Å². The lowest BCUT2D eigenvalue weighted by Gasteiger charge is -1.79. The lowest BCUT2D eigenvalue weighted by molar-refractivity contribution is 0.686. The van der Waals surface area contributed by atoms with E-state index in [2.05, 4.69) is 20.8 Å². The second kappa shape index (κ2) is 3.96. The average Bonchev–Trinajstić information content (AvgIpc) is 0.811. The minimum absolute atomic E-state index is 0. The van der Waals surface area contributed by atoms with Gasteiger partial charge in [-0.05, 0) is 5.92 Å². The molecule has 1 nitrogen and oxygen atoms in total. The summed E-state index contributed by atoms with van der Waals surface area (Å²) in [5, 5.41) is 0. The molecule has 0 saturated heterocycles. The molecule has 1 heteroatoms. The topological polar surface area (TPSA) is 28.5 Å². The third-order valence-electron chi connectivity index (χ3n) is 0. The molecule has 0 saturated carbocycles. The average molecular weight is 74.1 g/mol. The number of rotatable bonds is 0. The van der Waals surface area contributed by atoms with Gasteiger partial charge in [-0.2, -0.15) is 0 Å². The first-order valence-corrected chi connectivity index (χ1v) is 1.73. The summed E-state index contributed by atoms with van der Waals surface area (Å²) in [5.74, 6) is 0.833. The van der Waals surface area contributed by atoms with Crippen LogP contribution < -0.4 is 0 Å². The molecule has 0 unspecified atom stereocenters. The zero-order valence-corrected chi connectivity index (χ0v) is 3.99. The largest absolute Gasteiger partial charge is 0.0630 e. The molecule has 32 valence electrons. The van der Waals surface area contributed by atoms with Crippen LogP contribution in [-0.2, 0) is 5.48 Å². The highest BCUT2D eigenvalue weighted by atomic mass is 16.0. The lowest BCUT2D eigenvalue weighted by atomic mass is 10.3. The van der Waals surface area contributed by atoms with Crippen LogP contribution in [0.3, 0.4) is 0 Å². The molecule has 0 aromatic carbocycles. The van der Waals surface area contributed by atoms with Crippen molar-refractivity contribution in [2.75, 3.05) is 0 Å². The summed E-state index contributed by atoms with van der Waals surface area (Å²) >= 11 is 0. The van der Waals surface area contributed by atoms with E-state index in [-0.39, 0.29) is 5.48 Å². The Morgan fingerprint density at radius 1 is 1.00 bits per heavy atom. The van der Waals surface area contributed by atoms with Crippen molar-refractivity contribution in [1.82, 2.24) is 0 Å². The fraction of sp³-hybridized carbons (Fsp3) is 1.00. The maximum atomic E-state index is 2.17. The highest BCUT2D eigenvalue weighted by Gasteiger charge is 1.68. The van der Waals surface area contributed by atoms with Gasteiger partial charge in [-0.3, -0.25) is 0 Å². The normalized spacial score (nSPS) is 7.20. The SMILES string of the molecule is CC(C)C.[O]. The van der Waals surface area contributed by atoms with Gasteiger partial charge in [0.15, 0.2) is 0 Å². The molecule has 0 aliphatic carbocycles. The van der Waals surface area contributed by atoms with Crippen molar-refractivity contribution in [3.05, 3.63) is 0 Å². The Balaban J connectivity index is 0. The van der Waals surface area contributed by atoms with Gasteiger partial charge in [-0.25, -0.2) is 0 Å². The molecule has 0 aliphatic heterocycles. The van der Waals surface area contributed by atoms with Crippen molar-refractivity contribution < 1.29 is 5.48 Å². The van der Waals surface area contributed by atoms with Crippen LogP contribution in [0.1, 0.15) is 20.8 Å².